The van der Waals surface area contributed by atoms with Gasteiger partial charge in [-0.2, -0.15) is 0 Å². The van der Waals surface area contributed by atoms with E-state index in [1.54, 1.807) is 0 Å². The van der Waals surface area contributed by atoms with Crippen molar-refractivity contribution in [1.29, 1.82) is 0 Å². The van der Waals surface area contributed by atoms with Gasteiger partial charge in [0, 0.05) is 0 Å². The van der Waals surface area contributed by atoms with E-state index < -0.39 is 0 Å². The van der Waals surface area contributed by atoms with E-state index >= 15 is 0 Å². The molecule has 9 heavy (non-hydrogen) atoms. The first kappa shape index (κ1) is 6.88. The molecule has 0 aliphatic carbocycles. The summed E-state index contributed by atoms with van der Waals surface area (Å²) in [6.45, 7) is 2.18. The standard InChI is InChI=1S/C8H9Ge/c1-2-7-4-3-5-8(9)6-7/h3-6H,2H2,1H3. The van der Waals surface area contributed by atoms with Crippen LogP contribution in [0.15, 0.2) is 24.3 Å². The number of aryl methyl sites for hydroxylation is 1. The fourth-order valence-electron chi connectivity index (χ4n) is 0.791. The Hall–Kier alpha value is -0.237. The molecule has 1 aromatic carbocycles. The van der Waals surface area contributed by atoms with Crippen LogP contribution in [0.3, 0.4) is 0 Å². The molecule has 0 unspecified atom stereocenters. The maximum atomic E-state index is 2.22. The molecule has 45 valence electrons. The molecule has 0 N–H and O–H groups in total. The Morgan fingerprint density at radius 3 is 2.67 bits per heavy atom. The molecule has 0 nitrogen and oxygen atoms in total. The van der Waals surface area contributed by atoms with E-state index in [9.17, 15) is 0 Å². The quantitative estimate of drug-likeness (QED) is 0.563. The topological polar surface area (TPSA) is 0 Å². The first-order chi connectivity index (χ1) is 4.33. The molecule has 0 spiro atoms. The SMILES string of the molecule is CCc1ccc[c]([Ge])c1. The molecule has 0 aliphatic rings. The van der Waals surface area contributed by atoms with Gasteiger partial charge in [0.25, 0.3) is 0 Å². The summed E-state index contributed by atoms with van der Waals surface area (Å²) in [5.74, 6) is 0. The number of hydrogen-bond acceptors (Lipinski definition) is 0. The molecular weight excluding hydrogens is 169 g/mol. The number of hydrogen-bond donors (Lipinski definition) is 0. The third-order valence-corrected chi connectivity index (χ3v) is 1.99. The van der Waals surface area contributed by atoms with Crippen molar-refractivity contribution in [2.24, 2.45) is 0 Å². The van der Waals surface area contributed by atoms with E-state index in [1.165, 1.54) is 9.96 Å². The monoisotopic (exact) mass is 179 g/mol. The second-order valence-corrected chi connectivity index (χ2v) is 3.27. The number of rotatable bonds is 1. The summed E-state index contributed by atoms with van der Waals surface area (Å²) < 4.78 is 1.36. The van der Waals surface area contributed by atoms with Gasteiger partial charge in [0.2, 0.25) is 0 Å². The molecule has 0 heterocycles. The van der Waals surface area contributed by atoms with Crippen molar-refractivity contribution in [3.05, 3.63) is 29.8 Å². The van der Waals surface area contributed by atoms with Crippen LogP contribution >= 0.6 is 0 Å². The Balaban J connectivity index is 2.94. The third-order valence-electron chi connectivity index (χ3n) is 1.34. The van der Waals surface area contributed by atoms with E-state index in [4.69, 9.17) is 0 Å². The van der Waals surface area contributed by atoms with E-state index in [1.807, 2.05) is 0 Å². The molecular formula is C8H9Ge. The Kier molecular flexibility index (Phi) is 2.34. The average Bonchev–Trinajstić information content (AvgIpc) is 1.88. The van der Waals surface area contributed by atoms with Gasteiger partial charge in [-0.3, -0.25) is 0 Å². The van der Waals surface area contributed by atoms with E-state index in [-0.39, 0.29) is 0 Å². The predicted octanol–water partition coefficient (Wildman–Crippen LogP) is 1.04. The van der Waals surface area contributed by atoms with Crippen molar-refractivity contribution in [2.45, 2.75) is 13.3 Å². The molecule has 0 saturated carbocycles. The number of benzene rings is 1. The molecule has 0 saturated heterocycles. The van der Waals surface area contributed by atoms with Crippen molar-refractivity contribution < 1.29 is 0 Å². The normalized spacial score (nSPS) is 9.56. The summed E-state index contributed by atoms with van der Waals surface area (Å²) in [5, 5.41) is 0. The summed E-state index contributed by atoms with van der Waals surface area (Å²) in [7, 11) is 0. The summed E-state index contributed by atoms with van der Waals surface area (Å²) >= 11 is 2.12. The van der Waals surface area contributed by atoms with Crippen molar-refractivity contribution in [3.63, 3.8) is 0 Å². The van der Waals surface area contributed by atoms with Gasteiger partial charge in [0.05, 0.1) is 0 Å². The molecule has 1 heteroatoms. The summed E-state index contributed by atoms with van der Waals surface area (Å²) in [4.78, 5) is 0. The molecule has 0 fully saturated rings. The van der Waals surface area contributed by atoms with Crippen LogP contribution in [0.1, 0.15) is 12.5 Å². The first-order valence-corrected chi connectivity index (χ1v) is 4.18. The van der Waals surface area contributed by atoms with Crippen LogP contribution in [0.5, 0.6) is 0 Å². The second kappa shape index (κ2) is 3.06. The minimum atomic E-state index is 1.14. The Morgan fingerprint density at radius 2 is 2.22 bits per heavy atom. The first-order valence-electron chi connectivity index (χ1n) is 3.13. The van der Waals surface area contributed by atoms with Gasteiger partial charge in [-0.15, -0.1) is 0 Å². The van der Waals surface area contributed by atoms with Crippen molar-refractivity contribution in [1.82, 2.24) is 0 Å². The van der Waals surface area contributed by atoms with Crippen LogP contribution in [0.4, 0.5) is 0 Å². The molecule has 0 amide bonds. The van der Waals surface area contributed by atoms with Crippen LogP contribution in [-0.2, 0) is 6.42 Å². The van der Waals surface area contributed by atoms with Gasteiger partial charge in [0.1, 0.15) is 0 Å². The molecule has 0 aliphatic heterocycles. The van der Waals surface area contributed by atoms with Gasteiger partial charge < -0.3 is 0 Å². The van der Waals surface area contributed by atoms with Gasteiger partial charge >= 0.3 is 64.1 Å². The zero-order chi connectivity index (χ0) is 6.69. The Morgan fingerprint density at radius 1 is 1.44 bits per heavy atom. The Bertz CT molecular complexity index is 194. The van der Waals surface area contributed by atoms with Crippen molar-refractivity contribution >= 4 is 20.9 Å². The van der Waals surface area contributed by atoms with Crippen LogP contribution in [-0.4, -0.2) is 16.5 Å². The summed E-state index contributed by atoms with van der Waals surface area (Å²) in [6, 6.07) is 8.61. The molecule has 0 atom stereocenters. The van der Waals surface area contributed by atoms with Gasteiger partial charge in [-0.25, -0.2) is 0 Å². The van der Waals surface area contributed by atoms with E-state index in [0.29, 0.717) is 0 Å². The molecule has 3 radical (unpaired) electrons. The van der Waals surface area contributed by atoms with Crippen molar-refractivity contribution in [2.75, 3.05) is 0 Å². The van der Waals surface area contributed by atoms with Gasteiger partial charge in [-0.05, 0) is 0 Å². The molecule has 1 aromatic rings. The Labute approximate surface area is 64.5 Å². The minimum absolute atomic E-state index is 1.14. The fourth-order valence-corrected chi connectivity index (χ4v) is 1.38. The second-order valence-electron chi connectivity index (χ2n) is 2.05. The molecule has 1 rings (SSSR count). The van der Waals surface area contributed by atoms with Gasteiger partial charge in [0.15, 0.2) is 0 Å². The summed E-state index contributed by atoms with van der Waals surface area (Å²) in [5.41, 5.74) is 1.43. The molecule has 0 aromatic heterocycles. The van der Waals surface area contributed by atoms with Crippen LogP contribution in [0, 0.1) is 0 Å². The zero-order valence-corrected chi connectivity index (χ0v) is 7.61. The fraction of sp³-hybridized carbons (Fsp3) is 0.250. The van der Waals surface area contributed by atoms with Crippen LogP contribution in [0.2, 0.25) is 0 Å². The average molecular weight is 178 g/mol. The van der Waals surface area contributed by atoms with Crippen LogP contribution in [0.25, 0.3) is 0 Å². The third kappa shape index (κ3) is 1.86. The van der Waals surface area contributed by atoms with E-state index in [0.717, 1.165) is 6.42 Å². The maximum absolute atomic E-state index is 2.22. The summed E-state index contributed by atoms with van der Waals surface area (Å²) in [6.07, 6.45) is 1.14. The van der Waals surface area contributed by atoms with Crippen molar-refractivity contribution in [3.8, 4) is 0 Å². The van der Waals surface area contributed by atoms with Gasteiger partial charge in [-0.1, -0.05) is 0 Å². The van der Waals surface area contributed by atoms with Crippen LogP contribution < -0.4 is 4.40 Å². The molecule has 0 bridgehead atoms. The predicted molar refractivity (Wildman–Crippen MR) is 41.2 cm³/mol. The zero-order valence-electron chi connectivity index (χ0n) is 5.52. The van der Waals surface area contributed by atoms with E-state index in [2.05, 4.69) is 47.7 Å².